The Labute approximate surface area is 158 Å². The molecule has 4 rings (SSSR count). The predicted octanol–water partition coefficient (Wildman–Crippen LogP) is 2.31. The van der Waals surface area contributed by atoms with E-state index in [1.165, 1.54) is 5.56 Å². The van der Waals surface area contributed by atoms with Crippen molar-refractivity contribution in [3.63, 3.8) is 0 Å². The van der Waals surface area contributed by atoms with Crippen LogP contribution in [0.3, 0.4) is 0 Å². The maximum atomic E-state index is 14.8. The summed E-state index contributed by atoms with van der Waals surface area (Å²) in [6, 6.07) is 13.7. The van der Waals surface area contributed by atoms with E-state index in [0.717, 1.165) is 25.2 Å². The SMILES string of the molecule is O=C(Nc1ccc2c(c1F)CCNC2)C1CN(Cc2ccccc2)CCO1. The summed E-state index contributed by atoms with van der Waals surface area (Å²) in [5, 5.41) is 5.95. The summed E-state index contributed by atoms with van der Waals surface area (Å²) in [5.74, 6) is -0.611. The number of hydrogen-bond acceptors (Lipinski definition) is 4. The van der Waals surface area contributed by atoms with E-state index in [2.05, 4.69) is 27.7 Å². The predicted molar refractivity (Wildman–Crippen MR) is 102 cm³/mol. The molecule has 1 saturated heterocycles. The Morgan fingerprint density at radius 3 is 2.96 bits per heavy atom. The summed E-state index contributed by atoms with van der Waals surface area (Å²) in [6.45, 7) is 3.95. The second-order valence-electron chi connectivity index (χ2n) is 7.06. The quantitative estimate of drug-likeness (QED) is 0.869. The van der Waals surface area contributed by atoms with Crippen molar-refractivity contribution in [2.75, 3.05) is 31.6 Å². The fourth-order valence-corrected chi connectivity index (χ4v) is 3.69. The Hall–Kier alpha value is -2.28. The molecule has 5 nitrogen and oxygen atoms in total. The van der Waals surface area contributed by atoms with Crippen LogP contribution in [0.15, 0.2) is 42.5 Å². The van der Waals surface area contributed by atoms with E-state index in [1.807, 2.05) is 24.3 Å². The highest BCUT2D eigenvalue weighted by Gasteiger charge is 2.28. The number of rotatable bonds is 4. The Morgan fingerprint density at radius 2 is 2.11 bits per heavy atom. The highest BCUT2D eigenvalue weighted by atomic mass is 19.1. The number of carbonyl (C=O) groups is 1. The summed E-state index contributed by atoms with van der Waals surface area (Å²) >= 11 is 0. The summed E-state index contributed by atoms with van der Waals surface area (Å²) < 4.78 is 20.4. The highest BCUT2D eigenvalue weighted by Crippen LogP contribution is 2.25. The van der Waals surface area contributed by atoms with E-state index in [-0.39, 0.29) is 17.4 Å². The van der Waals surface area contributed by atoms with Crippen LogP contribution < -0.4 is 10.6 Å². The summed E-state index contributed by atoms with van der Waals surface area (Å²) in [4.78, 5) is 14.8. The Kier molecular flexibility index (Phi) is 5.48. The second kappa shape index (κ2) is 8.17. The highest BCUT2D eigenvalue weighted by molar-refractivity contribution is 5.94. The molecule has 0 radical (unpaired) electrons. The van der Waals surface area contributed by atoms with Crippen LogP contribution in [0.2, 0.25) is 0 Å². The average molecular weight is 369 g/mol. The zero-order valence-electron chi connectivity index (χ0n) is 15.2. The first-order valence-electron chi connectivity index (χ1n) is 9.40. The molecule has 2 heterocycles. The van der Waals surface area contributed by atoms with Crippen LogP contribution in [0.4, 0.5) is 10.1 Å². The molecule has 0 aromatic heterocycles. The van der Waals surface area contributed by atoms with E-state index in [9.17, 15) is 9.18 Å². The monoisotopic (exact) mass is 369 g/mol. The van der Waals surface area contributed by atoms with Gasteiger partial charge in [-0.3, -0.25) is 9.69 Å². The number of fused-ring (bicyclic) bond motifs is 1. The van der Waals surface area contributed by atoms with Crippen LogP contribution in [0, 0.1) is 5.82 Å². The number of anilines is 1. The molecule has 2 aromatic carbocycles. The van der Waals surface area contributed by atoms with Crippen LogP contribution in [-0.2, 0) is 29.0 Å². The number of amides is 1. The Morgan fingerprint density at radius 1 is 1.26 bits per heavy atom. The van der Waals surface area contributed by atoms with E-state index >= 15 is 0 Å². The smallest absolute Gasteiger partial charge is 0.254 e. The third-order valence-corrected chi connectivity index (χ3v) is 5.16. The fraction of sp³-hybridized carbons (Fsp3) is 0.381. The Bertz CT molecular complexity index is 813. The van der Waals surface area contributed by atoms with Gasteiger partial charge in [-0.25, -0.2) is 4.39 Å². The van der Waals surface area contributed by atoms with Gasteiger partial charge in [-0.15, -0.1) is 0 Å². The third kappa shape index (κ3) is 4.18. The number of carbonyl (C=O) groups excluding carboxylic acids is 1. The Balaban J connectivity index is 1.41. The van der Waals surface area contributed by atoms with Crippen molar-refractivity contribution in [1.29, 1.82) is 0 Å². The van der Waals surface area contributed by atoms with Gasteiger partial charge in [0, 0.05) is 26.2 Å². The molecule has 0 aliphatic carbocycles. The molecular formula is C21H24FN3O2. The normalized spacial score (nSPS) is 20.1. The molecule has 1 atom stereocenters. The molecule has 2 N–H and O–H groups in total. The summed E-state index contributed by atoms with van der Waals surface area (Å²) in [6.07, 6.45) is 0.0370. The second-order valence-corrected chi connectivity index (χ2v) is 7.06. The molecule has 0 bridgehead atoms. The van der Waals surface area contributed by atoms with Gasteiger partial charge in [-0.2, -0.15) is 0 Å². The van der Waals surface area contributed by atoms with Gasteiger partial charge in [0.25, 0.3) is 5.91 Å². The fourth-order valence-electron chi connectivity index (χ4n) is 3.69. The lowest BCUT2D eigenvalue weighted by Crippen LogP contribution is -2.47. The molecule has 2 aromatic rings. The maximum absolute atomic E-state index is 14.8. The summed E-state index contributed by atoms with van der Waals surface area (Å²) in [5.41, 5.74) is 3.10. The number of benzene rings is 2. The number of halogens is 1. The van der Waals surface area contributed by atoms with Crippen molar-refractivity contribution in [3.05, 3.63) is 65.0 Å². The molecule has 0 saturated carbocycles. The zero-order valence-corrected chi connectivity index (χ0v) is 15.2. The minimum Gasteiger partial charge on any atom is -0.366 e. The van der Waals surface area contributed by atoms with Gasteiger partial charge in [-0.05, 0) is 35.7 Å². The van der Waals surface area contributed by atoms with Crippen molar-refractivity contribution in [2.24, 2.45) is 0 Å². The lowest BCUT2D eigenvalue weighted by molar-refractivity contribution is -0.133. The van der Waals surface area contributed by atoms with Gasteiger partial charge in [0.2, 0.25) is 0 Å². The van der Waals surface area contributed by atoms with Crippen molar-refractivity contribution in [2.45, 2.75) is 25.6 Å². The molecular weight excluding hydrogens is 345 g/mol. The first kappa shape index (κ1) is 18.1. The minimum absolute atomic E-state index is 0.240. The molecule has 142 valence electrons. The zero-order chi connectivity index (χ0) is 18.6. The largest absolute Gasteiger partial charge is 0.366 e. The van der Waals surface area contributed by atoms with Crippen molar-refractivity contribution >= 4 is 11.6 Å². The minimum atomic E-state index is -0.598. The van der Waals surface area contributed by atoms with E-state index < -0.39 is 6.10 Å². The van der Waals surface area contributed by atoms with Gasteiger partial charge in [-0.1, -0.05) is 36.4 Å². The van der Waals surface area contributed by atoms with Crippen LogP contribution >= 0.6 is 0 Å². The molecule has 2 aliphatic rings. The number of ether oxygens (including phenoxy) is 1. The number of nitrogens with one attached hydrogen (secondary N) is 2. The van der Waals surface area contributed by atoms with Crippen LogP contribution in [0.1, 0.15) is 16.7 Å². The number of morpholine rings is 1. The molecule has 6 heteroatoms. The van der Waals surface area contributed by atoms with E-state index in [1.54, 1.807) is 6.07 Å². The summed E-state index contributed by atoms with van der Waals surface area (Å²) in [7, 11) is 0. The van der Waals surface area contributed by atoms with Gasteiger partial charge in [0.15, 0.2) is 0 Å². The lowest BCUT2D eigenvalue weighted by Gasteiger charge is -2.32. The first-order valence-corrected chi connectivity index (χ1v) is 9.40. The maximum Gasteiger partial charge on any atom is 0.254 e. The van der Waals surface area contributed by atoms with Gasteiger partial charge in [0.05, 0.1) is 12.3 Å². The standard InChI is InChI=1S/C21H24FN3O2/c22-20-17-8-9-23-12-16(17)6-7-18(20)24-21(26)19-14-25(10-11-27-19)13-15-4-2-1-3-5-15/h1-7,19,23H,8-14H2,(H,24,26). The van der Waals surface area contributed by atoms with Gasteiger partial charge in [0.1, 0.15) is 11.9 Å². The lowest BCUT2D eigenvalue weighted by atomic mass is 9.99. The van der Waals surface area contributed by atoms with Crippen molar-refractivity contribution in [3.8, 4) is 0 Å². The average Bonchev–Trinajstić information content (AvgIpc) is 2.71. The molecule has 2 aliphatic heterocycles. The molecule has 0 spiro atoms. The van der Waals surface area contributed by atoms with Crippen LogP contribution in [0.25, 0.3) is 0 Å². The van der Waals surface area contributed by atoms with E-state index in [4.69, 9.17) is 4.74 Å². The molecule has 1 unspecified atom stereocenters. The number of nitrogens with zero attached hydrogens (tertiary/aromatic N) is 1. The third-order valence-electron chi connectivity index (χ3n) is 5.16. The van der Waals surface area contributed by atoms with Gasteiger partial charge < -0.3 is 15.4 Å². The first-order chi connectivity index (χ1) is 13.2. The van der Waals surface area contributed by atoms with Crippen molar-refractivity contribution in [1.82, 2.24) is 10.2 Å². The molecule has 1 fully saturated rings. The van der Waals surface area contributed by atoms with Gasteiger partial charge >= 0.3 is 0 Å². The number of hydrogen-bond donors (Lipinski definition) is 2. The topological polar surface area (TPSA) is 53.6 Å². The van der Waals surface area contributed by atoms with Crippen molar-refractivity contribution < 1.29 is 13.9 Å². The van der Waals surface area contributed by atoms with Crippen LogP contribution in [-0.4, -0.2) is 43.2 Å². The molecule has 1 amide bonds. The van der Waals surface area contributed by atoms with E-state index in [0.29, 0.717) is 31.7 Å². The van der Waals surface area contributed by atoms with Crippen LogP contribution in [0.5, 0.6) is 0 Å². The molecule has 27 heavy (non-hydrogen) atoms.